The third kappa shape index (κ3) is 2.04. The van der Waals surface area contributed by atoms with Crippen molar-refractivity contribution in [3.05, 3.63) is 66.2 Å². The predicted octanol–water partition coefficient (Wildman–Crippen LogP) is 2.20. The molecule has 1 aromatic heterocycles. The summed E-state index contributed by atoms with van der Waals surface area (Å²) in [4.78, 5) is 26.9. The van der Waals surface area contributed by atoms with Crippen LogP contribution in [0.5, 0.6) is 0 Å². The summed E-state index contributed by atoms with van der Waals surface area (Å²) < 4.78 is 3.83. The molecule has 0 fully saturated rings. The van der Waals surface area contributed by atoms with Crippen LogP contribution in [-0.4, -0.2) is 21.3 Å². The van der Waals surface area contributed by atoms with E-state index in [-0.39, 0.29) is 18.5 Å². The Balaban J connectivity index is 1.79. The molecule has 0 bridgehead atoms. The van der Waals surface area contributed by atoms with Crippen LogP contribution in [0, 0.1) is 0 Å². The first kappa shape index (κ1) is 13.7. The van der Waals surface area contributed by atoms with Gasteiger partial charge in [-0.2, -0.15) is 0 Å². The molecular weight excluding hydrogens is 290 g/mol. The molecule has 1 aliphatic rings. The topological polar surface area (TPSA) is 46.2 Å². The quantitative estimate of drug-likeness (QED) is 0.550. The van der Waals surface area contributed by atoms with Crippen molar-refractivity contribution in [1.29, 1.82) is 0 Å². The van der Waals surface area contributed by atoms with E-state index < -0.39 is 0 Å². The van der Waals surface area contributed by atoms with E-state index in [2.05, 4.69) is 0 Å². The minimum atomic E-state index is -0.240. The van der Waals surface area contributed by atoms with Gasteiger partial charge in [0.1, 0.15) is 12.4 Å². The van der Waals surface area contributed by atoms with Crippen LogP contribution in [0.3, 0.4) is 0 Å². The lowest BCUT2D eigenvalue weighted by molar-refractivity contribution is -0.693. The van der Waals surface area contributed by atoms with E-state index in [1.54, 1.807) is 12.1 Å². The molecule has 2 amide bonds. The summed E-state index contributed by atoms with van der Waals surface area (Å²) in [6, 6.07) is 11.1. The molecule has 0 saturated carbocycles. The Bertz CT molecular complexity index is 892. The number of hydrogen-bond donors (Lipinski definition) is 0. The third-order valence-electron chi connectivity index (χ3n) is 4.27. The number of aromatic nitrogens is 2. The van der Waals surface area contributed by atoms with Gasteiger partial charge >= 0.3 is 0 Å². The van der Waals surface area contributed by atoms with Crippen LogP contribution in [0.2, 0.25) is 0 Å². The molecular formula is C18H16N3O2+. The van der Waals surface area contributed by atoms with E-state index in [0.717, 1.165) is 17.3 Å². The molecule has 114 valence electrons. The van der Waals surface area contributed by atoms with E-state index >= 15 is 0 Å². The maximum atomic E-state index is 12.8. The Labute approximate surface area is 133 Å². The van der Waals surface area contributed by atoms with Crippen molar-refractivity contribution in [2.75, 3.05) is 0 Å². The summed E-state index contributed by atoms with van der Waals surface area (Å²) >= 11 is 0. The zero-order valence-corrected chi connectivity index (χ0v) is 12.8. The highest BCUT2D eigenvalue weighted by molar-refractivity contribution is 6.25. The predicted molar refractivity (Wildman–Crippen MR) is 84.7 cm³/mol. The van der Waals surface area contributed by atoms with Crippen molar-refractivity contribution in [1.82, 2.24) is 9.47 Å². The fourth-order valence-corrected chi connectivity index (χ4v) is 3.08. The van der Waals surface area contributed by atoms with Crippen LogP contribution < -0.4 is 4.57 Å². The van der Waals surface area contributed by atoms with Gasteiger partial charge in [-0.1, -0.05) is 24.3 Å². The van der Waals surface area contributed by atoms with E-state index in [9.17, 15) is 9.59 Å². The molecule has 2 aromatic carbocycles. The zero-order valence-electron chi connectivity index (χ0n) is 12.8. The van der Waals surface area contributed by atoms with Gasteiger partial charge in [0.2, 0.25) is 6.33 Å². The van der Waals surface area contributed by atoms with Gasteiger partial charge in [-0.15, -0.1) is 0 Å². The molecule has 4 rings (SSSR count). The molecule has 5 nitrogen and oxygen atoms in total. The average molecular weight is 306 g/mol. The van der Waals surface area contributed by atoms with Gasteiger partial charge < -0.3 is 0 Å². The minimum Gasteiger partial charge on any atom is -0.268 e. The molecule has 0 aliphatic carbocycles. The van der Waals surface area contributed by atoms with Crippen LogP contribution in [0.1, 0.15) is 27.6 Å². The van der Waals surface area contributed by atoms with Crippen molar-refractivity contribution >= 4 is 22.6 Å². The standard InChI is InChI=1S/C18H16N3O2/c1-2-19-9-10-20(11-19)12-21-17(22)14-7-3-5-13-6-4-8-15(16(13)14)18(21)23/h3-11H,2,12H2,1H3/q+1. The van der Waals surface area contributed by atoms with Crippen molar-refractivity contribution in [2.45, 2.75) is 20.1 Å². The van der Waals surface area contributed by atoms with Crippen molar-refractivity contribution < 1.29 is 14.2 Å². The second-order valence-corrected chi connectivity index (χ2v) is 5.65. The highest BCUT2D eigenvalue weighted by Crippen LogP contribution is 2.30. The first-order valence-corrected chi connectivity index (χ1v) is 7.62. The van der Waals surface area contributed by atoms with Gasteiger partial charge in [0, 0.05) is 16.5 Å². The number of rotatable bonds is 3. The molecule has 23 heavy (non-hydrogen) atoms. The van der Waals surface area contributed by atoms with E-state index in [0.29, 0.717) is 11.1 Å². The Hall–Kier alpha value is -2.95. The molecule has 0 N–H and O–H groups in total. The van der Waals surface area contributed by atoms with Gasteiger partial charge in [-0.25, -0.2) is 14.0 Å². The van der Waals surface area contributed by atoms with Crippen LogP contribution in [0.15, 0.2) is 55.1 Å². The minimum absolute atomic E-state index is 0.218. The number of imide groups is 1. The average Bonchev–Trinajstić information content (AvgIpc) is 3.04. The summed E-state index contributed by atoms with van der Waals surface area (Å²) in [6.45, 7) is 3.10. The maximum absolute atomic E-state index is 12.8. The fraction of sp³-hybridized carbons (Fsp3) is 0.167. The highest BCUT2D eigenvalue weighted by Gasteiger charge is 2.33. The summed E-state index contributed by atoms with van der Waals surface area (Å²) in [7, 11) is 0. The number of aryl methyl sites for hydroxylation is 1. The number of amides is 2. The third-order valence-corrected chi connectivity index (χ3v) is 4.27. The van der Waals surface area contributed by atoms with Crippen LogP contribution >= 0.6 is 0 Å². The molecule has 3 aromatic rings. The number of carbonyl (C=O) groups is 2. The number of carbonyl (C=O) groups excluding carboxylic acids is 2. The molecule has 1 aliphatic heterocycles. The second-order valence-electron chi connectivity index (χ2n) is 5.65. The van der Waals surface area contributed by atoms with E-state index in [1.807, 2.05) is 59.0 Å². The first-order chi connectivity index (χ1) is 11.2. The van der Waals surface area contributed by atoms with Crippen molar-refractivity contribution in [2.24, 2.45) is 0 Å². The molecule has 0 atom stereocenters. The number of imidazole rings is 1. The van der Waals surface area contributed by atoms with E-state index in [4.69, 9.17) is 0 Å². The number of hydrogen-bond acceptors (Lipinski definition) is 2. The summed E-state index contributed by atoms with van der Waals surface area (Å²) in [5, 5.41) is 1.68. The summed E-state index contributed by atoms with van der Waals surface area (Å²) in [5.41, 5.74) is 1.18. The Kier molecular flexibility index (Phi) is 3.01. The molecule has 0 spiro atoms. The Morgan fingerprint density at radius 2 is 1.65 bits per heavy atom. The lowest BCUT2D eigenvalue weighted by Gasteiger charge is -2.25. The van der Waals surface area contributed by atoms with Crippen molar-refractivity contribution in [3.8, 4) is 0 Å². The maximum Gasteiger partial charge on any atom is 0.264 e. The lowest BCUT2D eigenvalue weighted by Crippen LogP contribution is -2.41. The monoisotopic (exact) mass is 306 g/mol. The normalized spacial score (nSPS) is 13.9. The molecule has 0 radical (unpaired) electrons. The largest absolute Gasteiger partial charge is 0.268 e. The highest BCUT2D eigenvalue weighted by atomic mass is 16.2. The zero-order chi connectivity index (χ0) is 16.0. The summed E-state index contributed by atoms with van der Waals surface area (Å²) in [6.07, 6.45) is 5.68. The van der Waals surface area contributed by atoms with Crippen LogP contribution in [0.25, 0.3) is 10.8 Å². The van der Waals surface area contributed by atoms with Gasteiger partial charge in [0.05, 0.1) is 6.54 Å². The summed E-state index contributed by atoms with van der Waals surface area (Å²) in [5.74, 6) is -0.480. The van der Waals surface area contributed by atoms with E-state index in [1.165, 1.54) is 4.90 Å². The second kappa shape index (κ2) is 5.05. The van der Waals surface area contributed by atoms with Crippen LogP contribution in [-0.2, 0) is 13.2 Å². The number of nitrogens with zero attached hydrogens (tertiary/aromatic N) is 3. The molecule has 0 unspecified atom stereocenters. The van der Waals surface area contributed by atoms with Gasteiger partial charge in [0.25, 0.3) is 11.8 Å². The SMILES string of the molecule is CC[n+]1ccn(CN2C(=O)c3cccc4cccc(c34)C2=O)c1. The Morgan fingerprint density at radius 1 is 1.00 bits per heavy atom. The number of benzene rings is 2. The van der Waals surface area contributed by atoms with Gasteiger partial charge in [-0.05, 0) is 24.4 Å². The van der Waals surface area contributed by atoms with Crippen LogP contribution in [0.4, 0.5) is 0 Å². The van der Waals surface area contributed by atoms with Gasteiger partial charge in [-0.3, -0.25) is 9.59 Å². The first-order valence-electron chi connectivity index (χ1n) is 7.62. The Morgan fingerprint density at radius 3 is 2.22 bits per heavy atom. The molecule has 5 heteroatoms. The fourth-order valence-electron chi connectivity index (χ4n) is 3.08. The van der Waals surface area contributed by atoms with Crippen molar-refractivity contribution in [3.63, 3.8) is 0 Å². The molecule has 2 heterocycles. The molecule has 0 saturated heterocycles. The smallest absolute Gasteiger partial charge is 0.264 e. The van der Waals surface area contributed by atoms with Gasteiger partial charge in [0.15, 0.2) is 6.67 Å². The lowest BCUT2D eigenvalue weighted by atomic mass is 9.94.